The molecule has 1 saturated heterocycles. The molecule has 1 aromatic rings. The Morgan fingerprint density at radius 2 is 1.31 bits per heavy atom. The van der Waals surface area contributed by atoms with Crippen molar-refractivity contribution in [2.24, 2.45) is 5.92 Å². The lowest BCUT2D eigenvalue weighted by Gasteiger charge is -2.21. The van der Waals surface area contributed by atoms with Gasteiger partial charge in [0.2, 0.25) is 0 Å². The molecule has 2 heterocycles. The number of carbonyl (C=O) groups excluding carboxylic acids is 3. The third kappa shape index (κ3) is 30.9. The number of aliphatic hydroxyl groups excluding tert-OH is 2. The van der Waals surface area contributed by atoms with Crippen molar-refractivity contribution in [3.8, 4) is 0 Å². The molecule has 21 heteroatoms. The van der Waals surface area contributed by atoms with E-state index in [2.05, 4.69) is 30.1 Å². The van der Waals surface area contributed by atoms with Gasteiger partial charge in [0.05, 0.1) is 13.2 Å². The Hall–Kier alpha value is -3.09. The number of nitrogens with zero attached hydrogens (tertiary/aromatic N) is 2. The minimum atomic E-state index is -5.44. The van der Waals surface area contributed by atoms with Gasteiger partial charge >= 0.3 is 33.3 Å². The molecule has 72 heavy (non-hydrogen) atoms. The van der Waals surface area contributed by atoms with Gasteiger partial charge in [-0.3, -0.25) is 28.0 Å². The van der Waals surface area contributed by atoms with Gasteiger partial charge < -0.3 is 39.9 Å². The van der Waals surface area contributed by atoms with Gasteiger partial charge in [0.1, 0.15) is 30.7 Å². The number of nitrogens with two attached hydrogens (primary N) is 1. The molecule has 6 N–H and O–H groups in total. The first-order valence-corrected chi connectivity index (χ1v) is 29.7. The van der Waals surface area contributed by atoms with Crippen LogP contribution in [-0.2, 0) is 51.1 Å². The molecule has 0 aliphatic carbocycles. The monoisotopic (exact) mass is 1060 g/mol. The summed E-state index contributed by atoms with van der Waals surface area (Å²) >= 11 is 0. The number of aliphatic hydroxyl groups is 2. The molecular weight excluding hydrogens is 973 g/mol. The zero-order valence-electron chi connectivity index (χ0n) is 43.4. The van der Waals surface area contributed by atoms with Crippen LogP contribution in [0.2, 0.25) is 0 Å². The maximum atomic E-state index is 12.9. The van der Waals surface area contributed by atoms with Crippen LogP contribution in [0, 0.1) is 5.92 Å². The van der Waals surface area contributed by atoms with E-state index in [9.17, 15) is 48.3 Å². The summed E-state index contributed by atoms with van der Waals surface area (Å²) in [5, 5.41) is 20.9. The number of aromatic nitrogens is 2. The summed E-state index contributed by atoms with van der Waals surface area (Å²) in [7, 11) is -10.9. The molecule has 1 fully saturated rings. The number of allylic oxidation sites excluding steroid dienone is 4. The largest absolute Gasteiger partial charge is 0.481 e. The second-order valence-electron chi connectivity index (χ2n) is 19.0. The minimum absolute atomic E-state index is 0.0362. The molecule has 414 valence electrons. The average molecular weight is 1060 g/mol. The highest BCUT2D eigenvalue weighted by atomic mass is 31.3. The number of rotatable bonds is 44. The van der Waals surface area contributed by atoms with Crippen LogP contribution in [0.1, 0.15) is 207 Å². The molecular formula is C51H89N3O16P2. The van der Waals surface area contributed by atoms with Gasteiger partial charge in [0.15, 0.2) is 18.1 Å². The maximum Gasteiger partial charge on any atom is 0.481 e. The number of phosphoric acid groups is 2. The molecule has 0 aromatic carbocycles. The van der Waals surface area contributed by atoms with Crippen molar-refractivity contribution in [2.75, 3.05) is 25.6 Å². The van der Waals surface area contributed by atoms with E-state index in [1.807, 2.05) is 12.2 Å². The smallest absolute Gasteiger partial charge is 0.462 e. The van der Waals surface area contributed by atoms with E-state index in [0.717, 1.165) is 93.7 Å². The summed E-state index contributed by atoms with van der Waals surface area (Å²) in [5.74, 6) is -0.379. The third-order valence-corrected chi connectivity index (χ3v) is 15.2. The SMILES string of the molecule is CCCCCC(=O)/C=C/C=C\CCCCCCCC(=O)OC[C@H](COP(=O)(O)OP(=O)(O)OC[C@H]1O[C@@H](n2ccc(N)nc2=O)[C@H](O)[C@@H]1O)OC(=O)CCCCCCCCCCCCCCCCC(C)CC. The molecule has 0 amide bonds. The summed E-state index contributed by atoms with van der Waals surface area (Å²) in [5.41, 5.74) is 4.58. The van der Waals surface area contributed by atoms with Gasteiger partial charge in [-0.2, -0.15) is 9.29 Å². The van der Waals surface area contributed by atoms with Crippen LogP contribution in [0.25, 0.3) is 0 Å². The van der Waals surface area contributed by atoms with E-state index in [4.69, 9.17) is 29.0 Å². The van der Waals surface area contributed by atoms with Crippen LogP contribution in [0.4, 0.5) is 5.82 Å². The molecule has 3 unspecified atom stereocenters. The molecule has 1 aliphatic heterocycles. The van der Waals surface area contributed by atoms with E-state index >= 15 is 0 Å². The van der Waals surface area contributed by atoms with E-state index in [0.29, 0.717) is 19.3 Å². The lowest BCUT2D eigenvalue weighted by molar-refractivity contribution is -0.161. The fourth-order valence-corrected chi connectivity index (χ4v) is 10.1. The summed E-state index contributed by atoms with van der Waals surface area (Å²) in [4.78, 5) is 73.8. The van der Waals surface area contributed by atoms with Crippen molar-refractivity contribution in [1.29, 1.82) is 0 Å². The van der Waals surface area contributed by atoms with Crippen LogP contribution >= 0.6 is 15.6 Å². The first-order chi connectivity index (χ1) is 34.5. The lowest BCUT2D eigenvalue weighted by atomic mass is 9.99. The molecule has 19 nitrogen and oxygen atoms in total. The first-order valence-electron chi connectivity index (χ1n) is 26.7. The highest BCUT2D eigenvalue weighted by Crippen LogP contribution is 2.60. The van der Waals surface area contributed by atoms with Crippen LogP contribution in [-0.4, -0.2) is 91.5 Å². The van der Waals surface area contributed by atoms with E-state index in [1.165, 1.54) is 76.7 Å². The number of ether oxygens (including phenoxy) is 3. The number of nitrogen functional groups attached to an aromatic ring is 1. The fraction of sp³-hybridized carbons (Fsp3) is 0.784. The van der Waals surface area contributed by atoms with E-state index in [-0.39, 0.29) is 24.4 Å². The first kappa shape index (κ1) is 65.0. The van der Waals surface area contributed by atoms with Crippen molar-refractivity contribution in [3.63, 3.8) is 0 Å². The van der Waals surface area contributed by atoms with Crippen molar-refractivity contribution in [2.45, 2.75) is 231 Å². The molecule has 8 atom stereocenters. The van der Waals surface area contributed by atoms with Crippen LogP contribution < -0.4 is 11.4 Å². The number of hydrogen-bond donors (Lipinski definition) is 5. The van der Waals surface area contributed by atoms with Crippen LogP contribution in [0.3, 0.4) is 0 Å². The zero-order chi connectivity index (χ0) is 53.0. The topological polar surface area (TPSA) is 283 Å². The standard InChI is InChI=1S/C51H89N3O16P2/c1-4-6-26-32-42(55)33-28-23-19-15-13-17-20-24-29-34-46(56)65-38-43(68-47(57)35-30-25-21-16-12-10-8-7-9-11-14-18-22-27-31-41(3)5-2)39-66-71(61,62)70-72(63,64)67-40-44-48(58)49(59)50(69-44)54-37-36-45(52)53-51(54)60/h19,23,28,33,36-37,41,43-44,48-50,58-59H,4-18,20-22,24-27,29-32,34-35,38-40H2,1-3H3,(H,61,62)(H,63,64)(H2,52,53,60)/b23-19-,33-28+/t41?,43-,44-,48-,49-,50-/m1/s1. The molecule has 0 bridgehead atoms. The number of phosphoric ester groups is 2. The summed E-state index contributed by atoms with van der Waals surface area (Å²) in [6.07, 6.45) is 28.0. The van der Waals surface area contributed by atoms with Crippen LogP contribution in [0.5, 0.6) is 0 Å². The second kappa shape index (κ2) is 38.5. The number of unbranched alkanes of at least 4 members (excludes halogenated alkanes) is 20. The Labute approximate surface area is 428 Å². The Bertz CT molecular complexity index is 1880. The van der Waals surface area contributed by atoms with Gasteiger partial charge in [-0.1, -0.05) is 167 Å². The third-order valence-electron chi connectivity index (χ3n) is 12.6. The number of anilines is 1. The fourth-order valence-electron chi connectivity index (χ4n) is 7.98. The highest BCUT2D eigenvalue weighted by Gasteiger charge is 2.46. The van der Waals surface area contributed by atoms with Gasteiger partial charge in [0.25, 0.3) is 0 Å². The Morgan fingerprint density at radius 1 is 0.750 bits per heavy atom. The maximum absolute atomic E-state index is 12.9. The van der Waals surface area contributed by atoms with Gasteiger partial charge in [-0.15, -0.1) is 0 Å². The van der Waals surface area contributed by atoms with E-state index in [1.54, 1.807) is 12.2 Å². The van der Waals surface area contributed by atoms with E-state index < -0.39 is 83.7 Å². The summed E-state index contributed by atoms with van der Waals surface area (Å²) < 4.78 is 56.8. The molecule has 0 radical (unpaired) electrons. The predicted octanol–water partition coefficient (Wildman–Crippen LogP) is 10.4. The Kier molecular flexibility index (Phi) is 34.7. The average Bonchev–Trinajstić information content (AvgIpc) is 3.61. The molecule has 0 saturated carbocycles. The minimum Gasteiger partial charge on any atom is -0.462 e. The normalized spacial score (nSPS) is 19.6. The van der Waals surface area contributed by atoms with Crippen molar-refractivity contribution in [3.05, 3.63) is 47.1 Å². The number of carbonyl (C=O) groups is 3. The summed E-state index contributed by atoms with van der Waals surface area (Å²) in [6.45, 7) is 4.34. The van der Waals surface area contributed by atoms with Crippen LogP contribution in [0.15, 0.2) is 41.4 Å². The zero-order valence-corrected chi connectivity index (χ0v) is 45.2. The Morgan fingerprint density at radius 3 is 1.90 bits per heavy atom. The number of ketones is 1. The lowest BCUT2D eigenvalue weighted by Crippen LogP contribution is -2.36. The van der Waals surface area contributed by atoms with Crippen molar-refractivity contribution in [1.82, 2.24) is 9.55 Å². The number of hydrogen-bond acceptors (Lipinski definition) is 16. The summed E-state index contributed by atoms with van der Waals surface area (Å²) in [6, 6.07) is 1.24. The van der Waals surface area contributed by atoms with Gasteiger partial charge in [-0.25, -0.2) is 13.9 Å². The van der Waals surface area contributed by atoms with Gasteiger partial charge in [-0.05, 0) is 50.2 Å². The highest BCUT2D eigenvalue weighted by molar-refractivity contribution is 7.61. The molecule has 0 spiro atoms. The molecule has 1 aliphatic rings. The molecule has 2 rings (SSSR count). The Balaban J connectivity index is 1.79. The van der Waals surface area contributed by atoms with Crippen molar-refractivity contribution >= 4 is 39.2 Å². The van der Waals surface area contributed by atoms with Crippen molar-refractivity contribution < 1.29 is 71.1 Å². The quantitative estimate of drug-likeness (QED) is 0.0133. The number of esters is 2. The molecule has 1 aromatic heterocycles. The second-order valence-corrected chi connectivity index (χ2v) is 22.1. The predicted molar refractivity (Wildman–Crippen MR) is 275 cm³/mol. The van der Waals surface area contributed by atoms with Gasteiger partial charge in [0, 0.05) is 25.5 Å².